The fourth-order valence-electron chi connectivity index (χ4n) is 2.90. The Labute approximate surface area is 174 Å². The van der Waals surface area contributed by atoms with Gasteiger partial charge in [0.1, 0.15) is 0 Å². The zero-order chi connectivity index (χ0) is 13.1. The Morgan fingerprint density at radius 2 is 1.83 bits per heavy atom. The molecule has 0 saturated carbocycles. The number of imidazole rings is 1. The molecule has 0 fully saturated rings. The summed E-state index contributed by atoms with van der Waals surface area (Å²) in [5, 5.41) is 4.23. The molecule has 113 valence electrons. The van der Waals surface area contributed by atoms with Crippen LogP contribution in [-0.4, -0.2) is 9.55 Å². The Balaban J connectivity index is 0.000000640. The normalized spacial score (nSPS) is 12.3. The molecule has 23 heavy (non-hydrogen) atoms. The minimum Gasteiger partial charge on any atom is -0.358 e. The molecule has 2 aliphatic rings. The summed E-state index contributed by atoms with van der Waals surface area (Å²) in [6, 6.07) is 17.7. The Hall–Kier alpha value is -1.13. The van der Waals surface area contributed by atoms with E-state index in [0.29, 0.717) is 0 Å². The second-order valence-electron chi connectivity index (χ2n) is 4.85. The molecule has 0 saturated heterocycles. The molecular weight excluding hydrogens is 541 g/mol. The third-order valence-electron chi connectivity index (χ3n) is 3.75. The number of anilines is 3. The van der Waals surface area contributed by atoms with Crippen LogP contribution in [0.1, 0.15) is 5.56 Å². The van der Waals surface area contributed by atoms with Gasteiger partial charge in [0, 0.05) is 45.1 Å². The van der Waals surface area contributed by atoms with Crippen molar-refractivity contribution in [2.75, 3.05) is 10.0 Å². The van der Waals surface area contributed by atoms with Crippen LogP contribution in [0.25, 0.3) is 5.69 Å². The van der Waals surface area contributed by atoms with E-state index in [1.54, 1.807) is 0 Å². The summed E-state index contributed by atoms with van der Waals surface area (Å²) in [6.07, 6.45) is 3.82. The van der Waals surface area contributed by atoms with Gasteiger partial charge in [-0.05, 0) is 17.1 Å². The third-order valence-corrected chi connectivity index (χ3v) is 3.75. The molecule has 6 heteroatoms. The van der Waals surface area contributed by atoms with Crippen LogP contribution in [0.4, 0.5) is 17.3 Å². The van der Waals surface area contributed by atoms with E-state index < -0.39 is 0 Å². The first kappa shape index (κ1) is 18.2. The van der Waals surface area contributed by atoms with Crippen LogP contribution < -0.4 is 10.0 Å². The second-order valence-corrected chi connectivity index (χ2v) is 4.85. The first-order valence-electron chi connectivity index (χ1n) is 6.51. The average Bonchev–Trinajstić information content (AvgIpc) is 3.11. The molecular formula is C17H13IrN4Y. The number of nitrogens with zero attached hydrogens (tertiary/aromatic N) is 4. The molecule has 5 rings (SSSR count). The van der Waals surface area contributed by atoms with Crippen molar-refractivity contribution in [1.29, 1.82) is 0 Å². The van der Waals surface area contributed by atoms with E-state index in [1.165, 1.54) is 5.56 Å². The quantitative estimate of drug-likeness (QED) is 0.398. The maximum absolute atomic E-state index is 4.51. The molecule has 2 aromatic carbocycles. The van der Waals surface area contributed by atoms with Crippen molar-refractivity contribution in [3.63, 3.8) is 0 Å². The average molecular weight is 554 g/mol. The van der Waals surface area contributed by atoms with Crippen molar-refractivity contribution in [3.8, 4) is 5.69 Å². The summed E-state index contributed by atoms with van der Waals surface area (Å²) in [6.45, 7) is 2.13. The second kappa shape index (κ2) is 6.78. The standard InChI is InChI=1S/C16H10N4.CH3.Ir.Y/c1-2-6-13-12(5-1)11-19-15-8-4-3-7-14(15)18-10-9-17-16(18)20(13)19;;;/h1-7,9-11H;1H3;;/q-2;-1;+3;. The minimum absolute atomic E-state index is 0. The number of para-hydroxylation sites is 2. The van der Waals surface area contributed by atoms with E-state index in [-0.39, 0.29) is 60.2 Å². The van der Waals surface area contributed by atoms with Crippen LogP contribution in [0.3, 0.4) is 0 Å². The molecule has 0 spiro atoms. The van der Waals surface area contributed by atoms with Gasteiger partial charge in [-0.15, -0.1) is 17.7 Å². The van der Waals surface area contributed by atoms with Gasteiger partial charge in [-0.1, -0.05) is 18.7 Å². The third kappa shape index (κ3) is 2.47. The maximum Gasteiger partial charge on any atom is 3.00 e. The van der Waals surface area contributed by atoms with Gasteiger partial charge in [0.25, 0.3) is 0 Å². The molecule has 1 radical (unpaired) electrons. The summed E-state index contributed by atoms with van der Waals surface area (Å²) in [4.78, 5) is 4.51. The molecule has 1 aromatic heterocycles. The fourth-order valence-corrected chi connectivity index (χ4v) is 2.90. The van der Waals surface area contributed by atoms with Crippen LogP contribution in [0, 0.1) is 20.0 Å². The van der Waals surface area contributed by atoms with Crippen LogP contribution in [0.15, 0.2) is 54.9 Å². The molecule has 0 amide bonds. The molecule has 3 heterocycles. The monoisotopic (exact) mass is 555 g/mol. The summed E-state index contributed by atoms with van der Waals surface area (Å²) < 4.78 is 2.10. The molecule has 4 nitrogen and oxygen atoms in total. The molecule has 3 aromatic rings. The van der Waals surface area contributed by atoms with E-state index in [0.717, 1.165) is 23.0 Å². The van der Waals surface area contributed by atoms with Gasteiger partial charge in [-0.2, -0.15) is 24.3 Å². The topological polar surface area (TPSA) is 24.3 Å². The van der Waals surface area contributed by atoms with E-state index in [1.807, 2.05) is 30.6 Å². The van der Waals surface area contributed by atoms with E-state index in [9.17, 15) is 0 Å². The molecule has 0 N–H and O–H groups in total. The summed E-state index contributed by atoms with van der Waals surface area (Å²) in [5.74, 6) is 0.901. The Bertz CT molecular complexity index is 833. The Morgan fingerprint density at radius 3 is 2.70 bits per heavy atom. The van der Waals surface area contributed by atoms with Gasteiger partial charge >= 0.3 is 20.1 Å². The number of hydrogen-bond acceptors (Lipinski definition) is 3. The van der Waals surface area contributed by atoms with Crippen molar-refractivity contribution < 1.29 is 52.8 Å². The summed E-state index contributed by atoms with van der Waals surface area (Å²) in [5.41, 5.74) is 4.46. The van der Waals surface area contributed by atoms with Gasteiger partial charge in [0.15, 0.2) is 0 Å². The SMILES string of the molecule is [CH3-].[Ir+3].[Y].[c-]1cccc2c1N1[CH-]c3ccccc3N1c1nccn1-2. The first-order chi connectivity index (χ1) is 9.93. The predicted molar refractivity (Wildman–Crippen MR) is 83.3 cm³/mol. The van der Waals surface area contributed by atoms with Crippen molar-refractivity contribution in [1.82, 2.24) is 9.55 Å². The smallest absolute Gasteiger partial charge is 0.358 e. The first-order valence-corrected chi connectivity index (χ1v) is 6.51. The van der Waals surface area contributed by atoms with Crippen molar-refractivity contribution in [2.45, 2.75) is 0 Å². The largest absolute Gasteiger partial charge is 3.00 e. The van der Waals surface area contributed by atoms with Gasteiger partial charge < -0.3 is 17.0 Å². The molecule has 0 unspecified atom stereocenters. The number of aromatic nitrogens is 2. The number of hydrogen-bond donors (Lipinski definition) is 0. The molecule has 0 bridgehead atoms. The van der Waals surface area contributed by atoms with E-state index >= 15 is 0 Å². The van der Waals surface area contributed by atoms with Crippen LogP contribution in [-0.2, 0) is 52.8 Å². The minimum atomic E-state index is 0. The van der Waals surface area contributed by atoms with Crippen LogP contribution in [0.2, 0.25) is 0 Å². The zero-order valence-corrected chi connectivity index (χ0v) is 17.7. The van der Waals surface area contributed by atoms with Gasteiger partial charge in [-0.3, -0.25) is 5.01 Å². The van der Waals surface area contributed by atoms with Gasteiger partial charge in [0.2, 0.25) is 5.95 Å². The predicted octanol–water partition coefficient (Wildman–Crippen LogP) is 3.51. The number of rotatable bonds is 0. The van der Waals surface area contributed by atoms with Crippen molar-refractivity contribution in [2.24, 2.45) is 0 Å². The van der Waals surface area contributed by atoms with Crippen molar-refractivity contribution in [3.05, 3.63) is 80.5 Å². The summed E-state index contributed by atoms with van der Waals surface area (Å²) >= 11 is 0. The van der Waals surface area contributed by atoms with Crippen LogP contribution >= 0.6 is 0 Å². The van der Waals surface area contributed by atoms with Gasteiger partial charge in [0.05, 0.1) is 0 Å². The van der Waals surface area contributed by atoms with E-state index in [2.05, 4.69) is 56.4 Å². The Morgan fingerprint density at radius 1 is 1.04 bits per heavy atom. The maximum atomic E-state index is 4.51. The number of benzene rings is 2. The summed E-state index contributed by atoms with van der Waals surface area (Å²) in [7, 11) is 0. The zero-order valence-electron chi connectivity index (χ0n) is 12.5. The van der Waals surface area contributed by atoms with Crippen molar-refractivity contribution >= 4 is 17.3 Å². The number of fused-ring (bicyclic) bond motifs is 8. The van der Waals surface area contributed by atoms with Crippen LogP contribution in [0.5, 0.6) is 0 Å². The molecule has 2 aliphatic heterocycles. The van der Waals surface area contributed by atoms with E-state index in [4.69, 9.17) is 0 Å². The molecule has 0 atom stereocenters. The Kier molecular flexibility index (Phi) is 5.37. The molecule has 0 aliphatic carbocycles. The van der Waals surface area contributed by atoms with Gasteiger partial charge in [-0.25, -0.2) is 4.98 Å². The number of hydrazine groups is 1. The fraction of sp³-hybridized carbons (Fsp3) is 0.